The van der Waals surface area contributed by atoms with Crippen molar-refractivity contribution in [3.8, 4) is 0 Å². The maximum Gasteiger partial charge on any atom is 0.323 e. The van der Waals surface area contributed by atoms with Gasteiger partial charge in [0.2, 0.25) is 0 Å². The highest BCUT2D eigenvalue weighted by Crippen LogP contribution is 2.37. The number of methoxy groups -OCH3 is 1. The Balaban J connectivity index is 2.07. The summed E-state index contributed by atoms with van der Waals surface area (Å²) in [7, 11) is 3.65. The summed E-state index contributed by atoms with van der Waals surface area (Å²) in [4.78, 5) is 16.6. The van der Waals surface area contributed by atoms with Crippen LogP contribution < -0.4 is 0 Å². The number of ether oxygens (including phenoxy) is 1. The average molecular weight is 240 g/mol. The van der Waals surface area contributed by atoms with Crippen LogP contribution in [0.1, 0.15) is 26.7 Å². The molecule has 17 heavy (non-hydrogen) atoms. The summed E-state index contributed by atoms with van der Waals surface area (Å²) in [6.07, 6.45) is 2.35. The summed E-state index contributed by atoms with van der Waals surface area (Å²) in [6.45, 7) is 7.41. The van der Waals surface area contributed by atoms with Crippen LogP contribution in [0.15, 0.2) is 0 Å². The minimum Gasteiger partial charge on any atom is -0.468 e. The van der Waals surface area contributed by atoms with Gasteiger partial charge in [0, 0.05) is 25.2 Å². The zero-order valence-corrected chi connectivity index (χ0v) is 11.4. The fourth-order valence-corrected chi connectivity index (χ4v) is 2.69. The number of likely N-dealkylation sites (N-methyl/N-ethyl adjacent to an activating group) is 1. The minimum atomic E-state index is -0.0483. The molecule has 1 aliphatic carbocycles. The van der Waals surface area contributed by atoms with Gasteiger partial charge in [0.25, 0.3) is 0 Å². The Morgan fingerprint density at radius 2 is 2.00 bits per heavy atom. The lowest BCUT2D eigenvalue weighted by molar-refractivity contribution is -0.150. The molecule has 1 unspecified atom stereocenters. The predicted octanol–water partition coefficient (Wildman–Crippen LogP) is 0.964. The standard InChI is InChI=1S/C13H24N2O2/c1-13(2)9-15(8-7-14(13)3)11(10-5-6-10)12(16)17-4/h10-11H,5-9H2,1-4H3. The van der Waals surface area contributed by atoms with Crippen LogP contribution in [0.5, 0.6) is 0 Å². The van der Waals surface area contributed by atoms with E-state index >= 15 is 0 Å². The van der Waals surface area contributed by atoms with E-state index in [2.05, 4.69) is 30.7 Å². The first-order valence-electron chi connectivity index (χ1n) is 6.49. The van der Waals surface area contributed by atoms with Gasteiger partial charge in [-0.2, -0.15) is 0 Å². The van der Waals surface area contributed by atoms with E-state index in [1.54, 1.807) is 0 Å². The number of hydrogen-bond acceptors (Lipinski definition) is 4. The molecule has 0 aromatic rings. The largest absolute Gasteiger partial charge is 0.468 e. The Morgan fingerprint density at radius 3 is 2.47 bits per heavy atom. The zero-order chi connectivity index (χ0) is 12.6. The molecule has 1 heterocycles. The fourth-order valence-electron chi connectivity index (χ4n) is 2.69. The lowest BCUT2D eigenvalue weighted by atomic mass is 9.97. The number of esters is 1. The van der Waals surface area contributed by atoms with Crippen molar-refractivity contribution >= 4 is 5.97 Å². The number of hydrogen-bond donors (Lipinski definition) is 0. The van der Waals surface area contributed by atoms with E-state index < -0.39 is 0 Å². The third kappa shape index (κ3) is 2.63. The molecule has 0 radical (unpaired) electrons. The van der Waals surface area contributed by atoms with Crippen LogP contribution in [-0.4, -0.2) is 61.1 Å². The number of rotatable bonds is 3. The predicted molar refractivity (Wildman–Crippen MR) is 66.8 cm³/mol. The third-order valence-electron chi connectivity index (χ3n) is 4.25. The van der Waals surface area contributed by atoms with Crippen molar-refractivity contribution in [1.82, 2.24) is 9.80 Å². The monoisotopic (exact) mass is 240 g/mol. The number of nitrogens with zero attached hydrogens (tertiary/aromatic N) is 2. The number of piperazine rings is 1. The molecule has 1 saturated carbocycles. The molecule has 98 valence electrons. The van der Waals surface area contributed by atoms with E-state index in [0.717, 1.165) is 19.6 Å². The van der Waals surface area contributed by atoms with Gasteiger partial charge in [0.15, 0.2) is 0 Å². The highest BCUT2D eigenvalue weighted by molar-refractivity contribution is 5.76. The molecule has 1 aliphatic heterocycles. The van der Waals surface area contributed by atoms with Crippen molar-refractivity contribution in [2.24, 2.45) is 5.92 Å². The fraction of sp³-hybridized carbons (Fsp3) is 0.923. The van der Waals surface area contributed by atoms with Gasteiger partial charge in [-0.3, -0.25) is 14.6 Å². The summed E-state index contributed by atoms with van der Waals surface area (Å²) in [6, 6.07) is -0.00650. The molecule has 4 nitrogen and oxygen atoms in total. The van der Waals surface area contributed by atoms with Gasteiger partial charge in [0.1, 0.15) is 6.04 Å². The first-order valence-corrected chi connectivity index (χ1v) is 6.49. The third-order valence-corrected chi connectivity index (χ3v) is 4.25. The summed E-state index contributed by atoms with van der Waals surface area (Å²) >= 11 is 0. The molecule has 1 atom stereocenters. The van der Waals surface area contributed by atoms with Crippen molar-refractivity contribution in [1.29, 1.82) is 0 Å². The average Bonchev–Trinajstić information content (AvgIpc) is 3.07. The van der Waals surface area contributed by atoms with Gasteiger partial charge in [-0.25, -0.2) is 0 Å². The van der Waals surface area contributed by atoms with E-state index in [1.165, 1.54) is 20.0 Å². The zero-order valence-electron chi connectivity index (χ0n) is 11.4. The molecule has 0 bridgehead atoms. The van der Waals surface area contributed by atoms with Crippen molar-refractivity contribution < 1.29 is 9.53 Å². The summed E-state index contributed by atoms with van der Waals surface area (Å²) in [5.41, 5.74) is 0.138. The Hall–Kier alpha value is -0.610. The number of carbonyl (C=O) groups excluding carboxylic acids is 1. The van der Waals surface area contributed by atoms with Gasteiger partial charge in [-0.1, -0.05) is 0 Å². The smallest absolute Gasteiger partial charge is 0.323 e. The molecule has 0 amide bonds. The number of carbonyl (C=O) groups is 1. The van der Waals surface area contributed by atoms with Gasteiger partial charge in [0.05, 0.1) is 7.11 Å². The minimum absolute atomic E-state index is 0.00650. The van der Waals surface area contributed by atoms with E-state index in [0.29, 0.717) is 5.92 Å². The van der Waals surface area contributed by atoms with Gasteiger partial charge >= 0.3 is 5.97 Å². The normalized spacial score (nSPS) is 27.8. The first kappa shape index (κ1) is 12.8. The van der Waals surface area contributed by atoms with Crippen LogP contribution in [0.2, 0.25) is 0 Å². The molecule has 2 aliphatic rings. The summed E-state index contributed by atoms with van der Waals surface area (Å²) in [5.74, 6) is 0.481. The SMILES string of the molecule is COC(=O)C(C1CC1)N1CCN(C)C(C)(C)C1. The molecular formula is C13H24N2O2. The Labute approximate surface area is 104 Å². The van der Waals surface area contributed by atoms with Crippen molar-refractivity contribution in [3.63, 3.8) is 0 Å². The molecule has 2 fully saturated rings. The van der Waals surface area contributed by atoms with E-state index in [9.17, 15) is 4.79 Å². The van der Waals surface area contributed by atoms with Crippen LogP contribution in [0, 0.1) is 5.92 Å². The van der Waals surface area contributed by atoms with Crippen LogP contribution in [0.25, 0.3) is 0 Å². The quantitative estimate of drug-likeness (QED) is 0.688. The summed E-state index contributed by atoms with van der Waals surface area (Å²) < 4.78 is 4.97. The summed E-state index contributed by atoms with van der Waals surface area (Å²) in [5, 5.41) is 0. The molecule has 0 aromatic heterocycles. The highest BCUT2D eigenvalue weighted by Gasteiger charge is 2.44. The molecule has 0 spiro atoms. The maximum atomic E-state index is 11.9. The Bertz CT molecular complexity index is 300. The first-order chi connectivity index (χ1) is 7.95. The van der Waals surface area contributed by atoms with Crippen molar-refractivity contribution in [3.05, 3.63) is 0 Å². The molecule has 1 saturated heterocycles. The topological polar surface area (TPSA) is 32.8 Å². The van der Waals surface area contributed by atoms with Crippen molar-refractivity contribution in [2.45, 2.75) is 38.3 Å². The second kappa shape index (κ2) is 4.58. The molecule has 0 N–H and O–H groups in total. The van der Waals surface area contributed by atoms with Crippen molar-refractivity contribution in [2.75, 3.05) is 33.8 Å². The van der Waals surface area contributed by atoms with E-state index in [-0.39, 0.29) is 17.6 Å². The van der Waals surface area contributed by atoms with Crippen LogP contribution in [0.4, 0.5) is 0 Å². The highest BCUT2D eigenvalue weighted by atomic mass is 16.5. The van der Waals surface area contributed by atoms with E-state index in [4.69, 9.17) is 4.74 Å². The van der Waals surface area contributed by atoms with Gasteiger partial charge in [-0.15, -0.1) is 0 Å². The molecule has 4 heteroatoms. The lowest BCUT2D eigenvalue weighted by Gasteiger charge is -2.47. The van der Waals surface area contributed by atoms with Crippen LogP contribution in [-0.2, 0) is 9.53 Å². The van der Waals surface area contributed by atoms with Crippen LogP contribution >= 0.6 is 0 Å². The van der Waals surface area contributed by atoms with Gasteiger partial charge in [-0.05, 0) is 39.7 Å². The van der Waals surface area contributed by atoms with E-state index in [1.807, 2.05) is 0 Å². The van der Waals surface area contributed by atoms with Gasteiger partial charge < -0.3 is 4.74 Å². The molecule has 0 aromatic carbocycles. The second-order valence-corrected chi connectivity index (χ2v) is 6.01. The Morgan fingerprint density at radius 1 is 1.35 bits per heavy atom. The lowest BCUT2D eigenvalue weighted by Crippen LogP contribution is -2.61. The maximum absolute atomic E-state index is 11.9. The molecular weight excluding hydrogens is 216 g/mol. The Kier molecular flexibility index (Phi) is 3.46. The molecule has 2 rings (SSSR count). The van der Waals surface area contributed by atoms with Crippen LogP contribution in [0.3, 0.4) is 0 Å². The second-order valence-electron chi connectivity index (χ2n) is 6.01.